The minimum Gasteiger partial charge on any atom is -0.490 e. The first-order chi connectivity index (χ1) is 15.7. The number of nitrogens with one attached hydrogen (secondary N) is 1. The van der Waals surface area contributed by atoms with Gasteiger partial charge in [0, 0.05) is 25.2 Å². The number of hydrogen-bond donors (Lipinski definition) is 1. The van der Waals surface area contributed by atoms with Crippen molar-refractivity contribution in [2.75, 3.05) is 20.3 Å². The summed E-state index contributed by atoms with van der Waals surface area (Å²) >= 11 is 12.1. The molecule has 1 N–H and O–H groups in total. The van der Waals surface area contributed by atoms with Crippen LogP contribution in [0.15, 0.2) is 36.4 Å². The summed E-state index contributed by atoms with van der Waals surface area (Å²) in [6, 6.07) is 8.10. The Bertz CT molecular complexity index is 1020. The van der Waals surface area contributed by atoms with Crippen LogP contribution in [-0.2, 0) is 16.1 Å². The topological polar surface area (TPSA) is 111 Å². The van der Waals surface area contributed by atoms with Crippen LogP contribution < -0.4 is 14.8 Å². The lowest BCUT2D eigenvalue weighted by atomic mass is 10.1. The summed E-state index contributed by atoms with van der Waals surface area (Å²) in [4.78, 5) is 37.4. The summed E-state index contributed by atoms with van der Waals surface area (Å²) in [5, 5.41) is 14.5. The highest BCUT2D eigenvalue weighted by Gasteiger charge is 2.27. The van der Waals surface area contributed by atoms with Crippen LogP contribution in [-0.4, -0.2) is 47.9 Å². The van der Waals surface area contributed by atoms with Gasteiger partial charge in [0.05, 0.1) is 22.1 Å². The van der Waals surface area contributed by atoms with Crippen LogP contribution >= 0.6 is 23.2 Å². The molecule has 0 radical (unpaired) electrons. The van der Waals surface area contributed by atoms with Crippen LogP contribution in [0.2, 0.25) is 10.0 Å². The maximum absolute atomic E-state index is 13.0. The van der Waals surface area contributed by atoms with Gasteiger partial charge in [-0.3, -0.25) is 19.7 Å². The maximum Gasteiger partial charge on any atom is 0.311 e. The molecule has 2 aromatic carbocycles. The van der Waals surface area contributed by atoms with E-state index in [-0.39, 0.29) is 29.6 Å². The van der Waals surface area contributed by atoms with Crippen molar-refractivity contribution in [3.8, 4) is 11.5 Å². The molecular formula is C22H25Cl2N3O6. The lowest BCUT2D eigenvalue weighted by Crippen LogP contribution is -2.49. The highest BCUT2D eigenvalue weighted by Crippen LogP contribution is 2.31. The van der Waals surface area contributed by atoms with E-state index in [1.807, 2.05) is 6.92 Å². The van der Waals surface area contributed by atoms with Crippen molar-refractivity contribution in [3.63, 3.8) is 0 Å². The van der Waals surface area contributed by atoms with Gasteiger partial charge in [0.15, 0.2) is 6.61 Å². The number of ether oxygens (including phenoxy) is 2. The first-order valence-corrected chi connectivity index (χ1v) is 10.9. The van der Waals surface area contributed by atoms with Crippen LogP contribution in [0.5, 0.6) is 11.5 Å². The molecule has 9 nitrogen and oxygen atoms in total. The Balaban J connectivity index is 2.20. The van der Waals surface area contributed by atoms with Crippen molar-refractivity contribution < 1.29 is 24.0 Å². The summed E-state index contributed by atoms with van der Waals surface area (Å²) in [7, 11) is 1.30. The summed E-state index contributed by atoms with van der Waals surface area (Å²) in [5.74, 6) is -0.548. The van der Waals surface area contributed by atoms with Gasteiger partial charge in [0.25, 0.3) is 5.91 Å². The number of rotatable bonds is 11. The molecule has 0 saturated carbocycles. The van der Waals surface area contributed by atoms with Crippen molar-refractivity contribution in [1.29, 1.82) is 0 Å². The zero-order valence-electron chi connectivity index (χ0n) is 18.5. The molecule has 0 bridgehead atoms. The third-order valence-corrected chi connectivity index (χ3v) is 5.50. The van der Waals surface area contributed by atoms with E-state index in [4.69, 9.17) is 32.7 Å². The Kier molecular flexibility index (Phi) is 9.74. The molecule has 2 rings (SSSR count). The second kappa shape index (κ2) is 12.3. The standard InChI is InChI=1S/C22H25Cl2N3O6/c1-4-9-25-22(29)14(2)26(12-15-5-7-17(23)18(24)10-15)21(28)13-33-16-6-8-19(27(30)31)20(11-16)32-3/h5-8,10-11,14H,4,9,12-13H2,1-3H3,(H,25,29). The van der Waals surface area contributed by atoms with Gasteiger partial charge in [-0.15, -0.1) is 0 Å². The fraction of sp³-hybridized carbons (Fsp3) is 0.364. The molecule has 1 atom stereocenters. The number of nitro groups is 1. The first kappa shape index (κ1) is 26.2. The zero-order chi connectivity index (χ0) is 24.5. The third kappa shape index (κ3) is 7.23. The van der Waals surface area contributed by atoms with E-state index in [2.05, 4.69) is 5.32 Å². The minimum atomic E-state index is -0.784. The highest BCUT2D eigenvalue weighted by atomic mass is 35.5. The molecule has 0 saturated heterocycles. The summed E-state index contributed by atoms with van der Waals surface area (Å²) < 4.78 is 10.6. The van der Waals surface area contributed by atoms with Crippen LogP contribution in [0.1, 0.15) is 25.8 Å². The minimum absolute atomic E-state index is 0.00456. The van der Waals surface area contributed by atoms with Gasteiger partial charge < -0.3 is 19.7 Å². The fourth-order valence-corrected chi connectivity index (χ4v) is 3.26. The molecule has 33 heavy (non-hydrogen) atoms. The Morgan fingerprint density at radius 1 is 1.18 bits per heavy atom. The van der Waals surface area contributed by atoms with E-state index >= 15 is 0 Å². The van der Waals surface area contributed by atoms with Gasteiger partial charge in [-0.05, 0) is 37.1 Å². The summed E-state index contributed by atoms with van der Waals surface area (Å²) in [5.41, 5.74) is 0.462. The number of carbonyl (C=O) groups is 2. The lowest BCUT2D eigenvalue weighted by Gasteiger charge is -2.29. The number of amides is 2. The predicted molar refractivity (Wildman–Crippen MR) is 125 cm³/mol. The molecule has 1 unspecified atom stereocenters. The molecule has 0 fully saturated rings. The number of benzene rings is 2. The number of carbonyl (C=O) groups excluding carboxylic acids is 2. The zero-order valence-corrected chi connectivity index (χ0v) is 20.0. The molecular weight excluding hydrogens is 473 g/mol. The molecule has 0 aromatic heterocycles. The third-order valence-electron chi connectivity index (χ3n) is 4.76. The number of nitrogens with zero attached hydrogens (tertiary/aromatic N) is 2. The van der Waals surface area contributed by atoms with Gasteiger partial charge in [-0.25, -0.2) is 0 Å². The normalized spacial score (nSPS) is 11.4. The monoisotopic (exact) mass is 497 g/mol. The average Bonchev–Trinajstić information content (AvgIpc) is 2.80. The molecule has 178 valence electrons. The lowest BCUT2D eigenvalue weighted by molar-refractivity contribution is -0.385. The number of hydrogen-bond acceptors (Lipinski definition) is 6. The van der Waals surface area contributed by atoms with Crippen LogP contribution in [0.25, 0.3) is 0 Å². The van der Waals surface area contributed by atoms with Crippen molar-refractivity contribution in [3.05, 3.63) is 62.1 Å². The summed E-state index contributed by atoms with van der Waals surface area (Å²) in [6.45, 7) is 3.74. The molecule has 0 spiro atoms. The molecule has 0 aliphatic heterocycles. The predicted octanol–water partition coefficient (Wildman–Crippen LogP) is 4.23. The van der Waals surface area contributed by atoms with E-state index in [9.17, 15) is 19.7 Å². The van der Waals surface area contributed by atoms with Crippen LogP contribution in [0, 0.1) is 10.1 Å². The molecule has 0 heterocycles. The highest BCUT2D eigenvalue weighted by molar-refractivity contribution is 6.42. The quantitative estimate of drug-likeness (QED) is 0.367. The molecule has 0 aliphatic rings. The molecule has 2 aromatic rings. The number of halogens is 2. The smallest absolute Gasteiger partial charge is 0.311 e. The molecule has 11 heteroatoms. The summed E-state index contributed by atoms with van der Waals surface area (Å²) in [6.07, 6.45) is 0.754. The fourth-order valence-electron chi connectivity index (χ4n) is 2.94. The number of nitro benzene ring substituents is 1. The van der Waals surface area contributed by atoms with Gasteiger partial charge >= 0.3 is 5.69 Å². The van der Waals surface area contributed by atoms with E-state index in [0.717, 1.165) is 6.42 Å². The molecule has 2 amide bonds. The van der Waals surface area contributed by atoms with Crippen molar-refractivity contribution >= 4 is 40.7 Å². The second-order valence-electron chi connectivity index (χ2n) is 7.12. The second-order valence-corrected chi connectivity index (χ2v) is 7.93. The Morgan fingerprint density at radius 3 is 2.52 bits per heavy atom. The Hall–Kier alpha value is -3.04. The van der Waals surface area contributed by atoms with Gasteiger partial charge in [0.1, 0.15) is 11.8 Å². The SMILES string of the molecule is CCCNC(=O)C(C)N(Cc1ccc(Cl)c(Cl)c1)C(=O)COc1ccc([N+](=O)[O-])c(OC)c1. The number of methoxy groups -OCH3 is 1. The van der Waals surface area contributed by atoms with Crippen molar-refractivity contribution in [1.82, 2.24) is 10.2 Å². The van der Waals surface area contributed by atoms with Crippen LogP contribution in [0.4, 0.5) is 5.69 Å². The Labute approximate surface area is 201 Å². The van der Waals surface area contributed by atoms with E-state index in [1.165, 1.54) is 30.2 Å². The van der Waals surface area contributed by atoms with E-state index in [1.54, 1.807) is 25.1 Å². The van der Waals surface area contributed by atoms with Crippen molar-refractivity contribution in [2.45, 2.75) is 32.9 Å². The first-order valence-electron chi connectivity index (χ1n) is 10.1. The van der Waals surface area contributed by atoms with Crippen LogP contribution in [0.3, 0.4) is 0 Å². The Morgan fingerprint density at radius 2 is 1.91 bits per heavy atom. The largest absolute Gasteiger partial charge is 0.490 e. The van der Waals surface area contributed by atoms with Crippen molar-refractivity contribution in [2.24, 2.45) is 0 Å². The van der Waals surface area contributed by atoms with E-state index in [0.29, 0.717) is 22.2 Å². The van der Waals surface area contributed by atoms with Gasteiger partial charge in [0.2, 0.25) is 11.7 Å². The van der Waals surface area contributed by atoms with Gasteiger partial charge in [-0.2, -0.15) is 0 Å². The van der Waals surface area contributed by atoms with Gasteiger partial charge in [-0.1, -0.05) is 36.2 Å². The average molecular weight is 498 g/mol. The maximum atomic E-state index is 13.0. The molecule has 0 aliphatic carbocycles. The van der Waals surface area contributed by atoms with E-state index < -0.39 is 23.5 Å².